The molecule has 5 heteroatoms. The Morgan fingerprint density at radius 1 is 1.44 bits per heavy atom. The van der Waals surface area contributed by atoms with Gasteiger partial charge in [-0.25, -0.2) is 4.98 Å². The molecule has 0 saturated carbocycles. The number of aromatic nitrogens is 1. The van der Waals surface area contributed by atoms with Crippen molar-refractivity contribution < 1.29 is 0 Å². The maximum absolute atomic E-state index is 4.95. The molecule has 1 aliphatic carbocycles. The van der Waals surface area contributed by atoms with E-state index in [0.717, 1.165) is 0 Å². The van der Waals surface area contributed by atoms with Gasteiger partial charge in [-0.2, -0.15) is 11.8 Å². The van der Waals surface area contributed by atoms with Crippen molar-refractivity contribution in [3.8, 4) is 0 Å². The van der Waals surface area contributed by atoms with Crippen molar-refractivity contribution in [3.63, 3.8) is 0 Å². The third-order valence-electron chi connectivity index (χ3n) is 4.00. The number of aryl methyl sites for hydroxylation is 1. The number of rotatable bonds is 2. The molecule has 2 unspecified atom stereocenters. The lowest BCUT2D eigenvalue weighted by Crippen LogP contribution is -2.32. The van der Waals surface area contributed by atoms with Crippen LogP contribution in [0.25, 0.3) is 0 Å². The maximum Gasteiger partial charge on any atom is 0.111 e. The minimum atomic E-state index is 0.539. The molecule has 100 valence electrons. The molecule has 3 rings (SSSR count). The Kier molecular flexibility index (Phi) is 3.94. The first kappa shape index (κ1) is 12.9. The van der Waals surface area contributed by atoms with Gasteiger partial charge in [0.15, 0.2) is 0 Å². The average molecular weight is 283 g/mol. The van der Waals surface area contributed by atoms with E-state index in [4.69, 9.17) is 4.98 Å². The predicted octanol–water partition coefficient (Wildman–Crippen LogP) is 2.46. The van der Waals surface area contributed by atoms with Crippen LogP contribution in [0.2, 0.25) is 0 Å². The molecule has 1 N–H and O–H groups in total. The van der Waals surface area contributed by atoms with Gasteiger partial charge in [-0.3, -0.25) is 4.90 Å². The second-order valence-electron chi connectivity index (χ2n) is 5.17. The second kappa shape index (κ2) is 5.49. The Bertz CT molecular complexity index is 418. The molecule has 1 aromatic heterocycles. The van der Waals surface area contributed by atoms with E-state index in [1.165, 1.54) is 52.9 Å². The van der Waals surface area contributed by atoms with Crippen molar-refractivity contribution in [1.29, 1.82) is 0 Å². The van der Waals surface area contributed by atoms with Gasteiger partial charge in [0.05, 0.1) is 11.7 Å². The molecular formula is C13H21N3S2. The highest BCUT2D eigenvalue weighted by Crippen LogP contribution is 2.38. The Morgan fingerprint density at radius 3 is 3.11 bits per heavy atom. The molecule has 0 amide bonds. The topological polar surface area (TPSA) is 28.2 Å². The average Bonchev–Trinajstić information content (AvgIpc) is 2.82. The summed E-state index contributed by atoms with van der Waals surface area (Å²) in [7, 11) is 4.31. The summed E-state index contributed by atoms with van der Waals surface area (Å²) in [6, 6.07) is 1.08. The summed E-state index contributed by atoms with van der Waals surface area (Å²) in [5, 5.41) is 4.78. The first-order valence-electron chi connectivity index (χ1n) is 6.74. The molecule has 0 radical (unpaired) electrons. The minimum absolute atomic E-state index is 0.539. The summed E-state index contributed by atoms with van der Waals surface area (Å²) in [5.41, 5.74) is 1.37. The summed E-state index contributed by atoms with van der Waals surface area (Å²) >= 11 is 4.01. The van der Waals surface area contributed by atoms with Crippen molar-refractivity contribution in [1.82, 2.24) is 15.2 Å². The van der Waals surface area contributed by atoms with Gasteiger partial charge in [0.1, 0.15) is 5.01 Å². The van der Waals surface area contributed by atoms with Gasteiger partial charge in [0.25, 0.3) is 0 Å². The normalized spacial score (nSPS) is 29.2. The highest BCUT2D eigenvalue weighted by molar-refractivity contribution is 7.99. The number of hydrogen-bond donors (Lipinski definition) is 1. The monoisotopic (exact) mass is 283 g/mol. The van der Waals surface area contributed by atoms with Crippen LogP contribution in [0.5, 0.6) is 0 Å². The minimum Gasteiger partial charge on any atom is -0.312 e. The van der Waals surface area contributed by atoms with Crippen molar-refractivity contribution in [2.75, 3.05) is 32.1 Å². The molecule has 18 heavy (non-hydrogen) atoms. The van der Waals surface area contributed by atoms with E-state index < -0.39 is 0 Å². The summed E-state index contributed by atoms with van der Waals surface area (Å²) < 4.78 is 0. The molecule has 0 spiro atoms. The predicted molar refractivity (Wildman–Crippen MR) is 79.5 cm³/mol. The molecule has 0 bridgehead atoms. The molecule has 1 aromatic rings. The largest absolute Gasteiger partial charge is 0.312 e. The van der Waals surface area contributed by atoms with Gasteiger partial charge in [-0.05, 0) is 33.4 Å². The van der Waals surface area contributed by atoms with Crippen LogP contribution in [0.3, 0.4) is 0 Å². The van der Waals surface area contributed by atoms with Gasteiger partial charge in [0, 0.05) is 29.0 Å². The zero-order valence-corrected chi connectivity index (χ0v) is 12.7. The van der Waals surface area contributed by atoms with Gasteiger partial charge < -0.3 is 5.32 Å². The van der Waals surface area contributed by atoms with Crippen LogP contribution in [0, 0.1) is 0 Å². The molecule has 0 aromatic carbocycles. The molecule has 2 atom stereocenters. The van der Waals surface area contributed by atoms with Crippen molar-refractivity contribution in [2.45, 2.75) is 31.3 Å². The lowest BCUT2D eigenvalue weighted by Gasteiger charge is -2.30. The SMILES string of the molecule is CNC1CCCc2nc(C3CSCCN3C)sc21. The van der Waals surface area contributed by atoms with E-state index >= 15 is 0 Å². The fraction of sp³-hybridized carbons (Fsp3) is 0.769. The smallest absolute Gasteiger partial charge is 0.111 e. The lowest BCUT2D eigenvalue weighted by atomic mass is 9.98. The number of nitrogens with one attached hydrogen (secondary N) is 1. The zero-order chi connectivity index (χ0) is 12.5. The van der Waals surface area contributed by atoms with Crippen LogP contribution in [-0.2, 0) is 6.42 Å². The van der Waals surface area contributed by atoms with Gasteiger partial charge in [-0.15, -0.1) is 11.3 Å². The van der Waals surface area contributed by atoms with E-state index in [2.05, 4.69) is 36.1 Å². The van der Waals surface area contributed by atoms with Crippen LogP contribution in [0.4, 0.5) is 0 Å². The van der Waals surface area contributed by atoms with Gasteiger partial charge >= 0.3 is 0 Å². The fourth-order valence-electron chi connectivity index (χ4n) is 2.80. The Balaban J connectivity index is 1.87. The summed E-state index contributed by atoms with van der Waals surface area (Å²) in [4.78, 5) is 8.92. The van der Waals surface area contributed by atoms with Crippen molar-refractivity contribution in [3.05, 3.63) is 15.6 Å². The number of hydrogen-bond acceptors (Lipinski definition) is 5. The van der Waals surface area contributed by atoms with Crippen LogP contribution < -0.4 is 5.32 Å². The molecule has 1 aliphatic heterocycles. The van der Waals surface area contributed by atoms with Crippen molar-refractivity contribution >= 4 is 23.1 Å². The first-order valence-corrected chi connectivity index (χ1v) is 8.71. The Morgan fingerprint density at radius 2 is 2.33 bits per heavy atom. The fourth-order valence-corrected chi connectivity index (χ4v) is 5.55. The van der Waals surface area contributed by atoms with E-state index in [0.29, 0.717) is 12.1 Å². The second-order valence-corrected chi connectivity index (χ2v) is 7.38. The third-order valence-corrected chi connectivity index (χ3v) is 6.33. The molecule has 3 nitrogen and oxygen atoms in total. The molecule has 1 saturated heterocycles. The van der Waals surface area contributed by atoms with Gasteiger partial charge in [0.2, 0.25) is 0 Å². The number of nitrogens with zero attached hydrogens (tertiary/aromatic N) is 2. The molecule has 2 heterocycles. The number of fused-ring (bicyclic) bond motifs is 1. The first-order chi connectivity index (χ1) is 8.79. The van der Waals surface area contributed by atoms with E-state index in [1.54, 1.807) is 0 Å². The molecule has 1 fully saturated rings. The van der Waals surface area contributed by atoms with Crippen LogP contribution in [0.1, 0.15) is 40.5 Å². The molecular weight excluding hydrogens is 262 g/mol. The standard InChI is InChI=1S/C13H21N3S2/c1-14-9-4-3-5-10-12(9)18-13(15-10)11-8-17-7-6-16(11)2/h9,11,14H,3-8H2,1-2H3. The Labute approximate surface area is 117 Å². The quantitative estimate of drug-likeness (QED) is 0.902. The summed E-state index contributed by atoms with van der Waals surface area (Å²) in [6.07, 6.45) is 3.71. The number of thiazole rings is 1. The summed E-state index contributed by atoms with van der Waals surface area (Å²) in [6.45, 7) is 1.19. The zero-order valence-electron chi connectivity index (χ0n) is 11.1. The van der Waals surface area contributed by atoms with E-state index in [9.17, 15) is 0 Å². The van der Waals surface area contributed by atoms with E-state index in [1.807, 2.05) is 11.3 Å². The van der Waals surface area contributed by atoms with Gasteiger partial charge in [-0.1, -0.05) is 0 Å². The number of thioether (sulfide) groups is 1. The van der Waals surface area contributed by atoms with Crippen molar-refractivity contribution in [2.24, 2.45) is 0 Å². The van der Waals surface area contributed by atoms with Crippen LogP contribution >= 0.6 is 23.1 Å². The van der Waals surface area contributed by atoms with Crippen LogP contribution in [0.15, 0.2) is 0 Å². The molecule has 2 aliphatic rings. The Hall–Kier alpha value is -0.100. The summed E-state index contributed by atoms with van der Waals surface area (Å²) in [5.74, 6) is 2.46. The van der Waals surface area contributed by atoms with Crippen LogP contribution in [-0.4, -0.2) is 42.0 Å². The maximum atomic E-state index is 4.95. The third kappa shape index (κ3) is 2.33. The highest BCUT2D eigenvalue weighted by Gasteiger charge is 2.29. The lowest BCUT2D eigenvalue weighted by molar-refractivity contribution is 0.274. The van der Waals surface area contributed by atoms with E-state index in [-0.39, 0.29) is 0 Å². The highest BCUT2D eigenvalue weighted by atomic mass is 32.2.